The topological polar surface area (TPSA) is 15.8 Å². The molecule has 2 aromatic carbocycles. The summed E-state index contributed by atoms with van der Waals surface area (Å²) >= 11 is -0.657. The van der Waals surface area contributed by atoms with Gasteiger partial charge in [0.2, 0.25) is 0 Å². The molecule has 1 nitrogen and oxygen atoms in total. The third-order valence-electron chi connectivity index (χ3n) is 3.70. The molecule has 4 rings (SSSR count). The number of aromatic amines is 1. The van der Waals surface area contributed by atoms with Gasteiger partial charge in [0.25, 0.3) is 0 Å². The molecule has 0 radical (unpaired) electrons. The molecular formula is C17H13NZr. The number of hydrogen-bond donors (Lipinski definition) is 1. The standard InChI is InChI=1S/C9H7.C8H6N.Zr/c1-2-5-9-7-3-6-8(9)4-1;1-2-4-8-7(3-1)5-6-9-8;/h1-7H;1-4,6,9H;. The molecule has 1 unspecified atom stereocenters. The molecule has 0 saturated carbocycles. The van der Waals surface area contributed by atoms with Crippen molar-refractivity contribution in [1.29, 1.82) is 0 Å². The molecule has 0 aliphatic heterocycles. The summed E-state index contributed by atoms with van der Waals surface area (Å²) in [5.41, 5.74) is 4.21. The van der Waals surface area contributed by atoms with Gasteiger partial charge in [-0.15, -0.1) is 0 Å². The van der Waals surface area contributed by atoms with Gasteiger partial charge in [0.15, 0.2) is 0 Å². The zero-order chi connectivity index (χ0) is 12.7. The van der Waals surface area contributed by atoms with Crippen molar-refractivity contribution in [2.24, 2.45) is 0 Å². The number of H-pyrrole nitrogens is 1. The fraction of sp³-hybridized carbons (Fsp3) is 0.0588. The summed E-state index contributed by atoms with van der Waals surface area (Å²) in [6.45, 7) is 0. The Morgan fingerprint density at radius 2 is 1.79 bits per heavy atom. The van der Waals surface area contributed by atoms with E-state index in [2.05, 4.69) is 71.9 Å². The number of benzene rings is 2. The molecule has 1 aliphatic carbocycles. The van der Waals surface area contributed by atoms with Crippen LogP contribution in [0, 0.1) is 0 Å². The SMILES string of the molecule is C1=C[CH]([Zr][c]2c[nH]c3ccccc23)c2ccccc21. The number of allylic oxidation sites excluding steroid dienone is 1. The number of hydrogen-bond acceptors (Lipinski definition) is 0. The summed E-state index contributed by atoms with van der Waals surface area (Å²) in [7, 11) is 0. The Labute approximate surface area is 123 Å². The molecule has 0 fully saturated rings. The van der Waals surface area contributed by atoms with Crippen molar-refractivity contribution in [3.8, 4) is 0 Å². The van der Waals surface area contributed by atoms with Crippen LogP contribution in [-0.4, -0.2) is 4.98 Å². The maximum absolute atomic E-state index is 3.40. The molecule has 90 valence electrons. The monoisotopic (exact) mass is 321 g/mol. The first-order chi connectivity index (χ1) is 9.42. The molecule has 0 bridgehead atoms. The second kappa shape index (κ2) is 4.61. The van der Waals surface area contributed by atoms with E-state index in [1.165, 1.54) is 22.0 Å². The van der Waals surface area contributed by atoms with Crippen LogP contribution in [0.3, 0.4) is 0 Å². The van der Waals surface area contributed by atoms with Crippen molar-refractivity contribution in [1.82, 2.24) is 4.98 Å². The van der Waals surface area contributed by atoms with E-state index in [-0.39, 0.29) is 0 Å². The summed E-state index contributed by atoms with van der Waals surface area (Å²) in [6, 6.07) is 17.4. The van der Waals surface area contributed by atoms with E-state index in [0.29, 0.717) is 3.63 Å². The van der Waals surface area contributed by atoms with Crippen LogP contribution in [0.5, 0.6) is 0 Å². The Balaban J connectivity index is 1.72. The summed E-state index contributed by atoms with van der Waals surface area (Å²) in [5.74, 6) is 0. The van der Waals surface area contributed by atoms with Crippen molar-refractivity contribution < 1.29 is 23.2 Å². The number of para-hydroxylation sites is 1. The van der Waals surface area contributed by atoms with Gasteiger partial charge in [-0.2, -0.15) is 0 Å². The molecule has 1 heterocycles. The number of aromatic nitrogens is 1. The second-order valence-corrected chi connectivity index (χ2v) is 8.42. The number of fused-ring (bicyclic) bond motifs is 2. The van der Waals surface area contributed by atoms with Gasteiger partial charge in [-0.05, 0) is 0 Å². The molecule has 1 atom stereocenters. The average molecular weight is 323 g/mol. The van der Waals surface area contributed by atoms with Gasteiger partial charge in [0, 0.05) is 0 Å². The average Bonchev–Trinajstić information content (AvgIpc) is 3.05. The van der Waals surface area contributed by atoms with Gasteiger partial charge in [-0.3, -0.25) is 0 Å². The Morgan fingerprint density at radius 3 is 2.79 bits per heavy atom. The third kappa shape index (κ3) is 1.95. The van der Waals surface area contributed by atoms with Crippen LogP contribution in [0.4, 0.5) is 0 Å². The predicted octanol–water partition coefficient (Wildman–Crippen LogP) is 3.64. The molecule has 1 aromatic heterocycles. The van der Waals surface area contributed by atoms with Crippen LogP contribution >= 0.6 is 0 Å². The zero-order valence-electron chi connectivity index (χ0n) is 10.4. The molecule has 0 spiro atoms. The molecular weight excluding hydrogens is 309 g/mol. The predicted molar refractivity (Wildman–Crippen MR) is 76.1 cm³/mol. The zero-order valence-corrected chi connectivity index (χ0v) is 12.9. The summed E-state index contributed by atoms with van der Waals surface area (Å²) in [6.07, 6.45) is 6.92. The quantitative estimate of drug-likeness (QED) is 0.741. The van der Waals surface area contributed by atoms with Crippen LogP contribution < -0.4 is 3.27 Å². The van der Waals surface area contributed by atoms with Crippen molar-refractivity contribution in [3.05, 3.63) is 71.9 Å². The minimum absolute atomic E-state index is 0.657. The Hall–Kier alpha value is -1.40. The number of rotatable bonds is 2. The van der Waals surface area contributed by atoms with Crippen LogP contribution in [0.15, 0.2) is 60.8 Å². The van der Waals surface area contributed by atoms with E-state index >= 15 is 0 Å². The molecule has 1 aliphatic rings. The van der Waals surface area contributed by atoms with Crippen molar-refractivity contribution in [2.45, 2.75) is 3.63 Å². The third-order valence-corrected chi connectivity index (χ3v) is 7.48. The van der Waals surface area contributed by atoms with E-state index in [1.54, 1.807) is 3.27 Å². The Morgan fingerprint density at radius 1 is 0.947 bits per heavy atom. The second-order valence-electron chi connectivity index (χ2n) is 4.86. The van der Waals surface area contributed by atoms with Crippen LogP contribution in [0.1, 0.15) is 14.8 Å². The van der Waals surface area contributed by atoms with E-state index in [0.717, 1.165) is 0 Å². The Kier molecular flexibility index (Phi) is 2.78. The van der Waals surface area contributed by atoms with E-state index in [9.17, 15) is 0 Å². The molecule has 3 aromatic rings. The van der Waals surface area contributed by atoms with Crippen LogP contribution in [0.25, 0.3) is 17.0 Å². The molecule has 0 amide bonds. The Bertz CT molecular complexity index is 770. The number of nitrogens with one attached hydrogen (secondary N) is 1. The summed E-state index contributed by atoms with van der Waals surface area (Å²) < 4.78 is 2.25. The van der Waals surface area contributed by atoms with Crippen molar-refractivity contribution in [3.63, 3.8) is 0 Å². The van der Waals surface area contributed by atoms with E-state index < -0.39 is 23.2 Å². The van der Waals surface area contributed by atoms with E-state index in [4.69, 9.17) is 0 Å². The minimum atomic E-state index is -0.657. The van der Waals surface area contributed by atoms with Crippen LogP contribution in [-0.2, 0) is 23.2 Å². The fourth-order valence-electron chi connectivity index (χ4n) is 2.73. The van der Waals surface area contributed by atoms with Crippen molar-refractivity contribution >= 4 is 20.3 Å². The fourth-order valence-corrected chi connectivity index (χ4v) is 6.36. The normalized spacial score (nSPS) is 16.7. The summed E-state index contributed by atoms with van der Waals surface area (Å²) in [4.78, 5) is 3.40. The maximum atomic E-state index is 3.40. The molecule has 0 saturated heterocycles. The van der Waals surface area contributed by atoms with Gasteiger partial charge in [0.05, 0.1) is 0 Å². The molecule has 2 heteroatoms. The van der Waals surface area contributed by atoms with E-state index in [1.807, 2.05) is 0 Å². The van der Waals surface area contributed by atoms with Gasteiger partial charge in [0.1, 0.15) is 0 Å². The molecule has 19 heavy (non-hydrogen) atoms. The van der Waals surface area contributed by atoms with Crippen LogP contribution in [0.2, 0.25) is 0 Å². The van der Waals surface area contributed by atoms with Gasteiger partial charge in [-0.1, -0.05) is 0 Å². The van der Waals surface area contributed by atoms with Gasteiger partial charge in [-0.25, -0.2) is 0 Å². The van der Waals surface area contributed by atoms with Gasteiger partial charge >= 0.3 is 124 Å². The first-order valence-electron chi connectivity index (χ1n) is 6.51. The first kappa shape index (κ1) is 11.4. The molecule has 1 N–H and O–H groups in total. The first-order valence-corrected chi connectivity index (χ1v) is 9.16. The summed E-state index contributed by atoms with van der Waals surface area (Å²) in [5, 5.41) is 1.42. The van der Waals surface area contributed by atoms with Crippen molar-refractivity contribution in [2.75, 3.05) is 0 Å². The van der Waals surface area contributed by atoms with Gasteiger partial charge < -0.3 is 0 Å².